The second-order valence-corrected chi connectivity index (χ2v) is 6.22. The maximum atomic E-state index is 12.4. The lowest BCUT2D eigenvalue weighted by Crippen LogP contribution is -2.46. The van der Waals surface area contributed by atoms with Gasteiger partial charge in [0.25, 0.3) is 0 Å². The molecule has 4 unspecified atom stereocenters. The Kier molecular flexibility index (Phi) is 3.48. The number of hydrogen-bond donors (Lipinski definition) is 1. The summed E-state index contributed by atoms with van der Waals surface area (Å²) in [5.41, 5.74) is -0.313. The van der Waals surface area contributed by atoms with Crippen molar-refractivity contribution >= 4 is 5.91 Å². The third-order valence-corrected chi connectivity index (χ3v) is 5.09. The molecular formula is C14H26N2O. The van der Waals surface area contributed by atoms with Gasteiger partial charge in [-0.25, -0.2) is 0 Å². The van der Waals surface area contributed by atoms with Gasteiger partial charge in [0.2, 0.25) is 5.91 Å². The van der Waals surface area contributed by atoms with Crippen LogP contribution < -0.4 is 5.32 Å². The molecule has 1 heterocycles. The molecule has 0 aromatic rings. The summed E-state index contributed by atoms with van der Waals surface area (Å²) in [5.74, 6) is 1.87. The molecule has 17 heavy (non-hydrogen) atoms. The lowest BCUT2D eigenvalue weighted by molar-refractivity contribution is -0.134. The molecule has 0 radical (unpaired) electrons. The van der Waals surface area contributed by atoms with E-state index in [0.717, 1.165) is 24.9 Å². The number of hydrogen-bond acceptors (Lipinski definition) is 2. The van der Waals surface area contributed by atoms with Crippen LogP contribution in [0.15, 0.2) is 0 Å². The van der Waals surface area contributed by atoms with E-state index in [4.69, 9.17) is 0 Å². The van der Waals surface area contributed by atoms with Gasteiger partial charge in [0.1, 0.15) is 0 Å². The first kappa shape index (κ1) is 12.9. The van der Waals surface area contributed by atoms with E-state index in [-0.39, 0.29) is 5.54 Å². The summed E-state index contributed by atoms with van der Waals surface area (Å²) in [4.78, 5) is 14.5. The van der Waals surface area contributed by atoms with Gasteiger partial charge in [0.15, 0.2) is 0 Å². The number of carbonyl (C=O) groups is 1. The van der Waals surface area contributed by atoms with E-state index in [1.807, 2.05) is 6.92 Å². The molecule has 1 N–H and O–H groups in total. The number of amides is 1. The summed E-state index contributed by atoms with van der Waals surface area (Å²) in [6.07, 6.45) is 4.49. The van der Waals surface area contributed by atoms with Gasteiger partial charge in [-0.05, 0) is 44.4 Å². The smallest absolute Gasteiger partial charge is 0.243 e. The van der Waals surface area contributed by atoms with E-state index in [1.54, 1.807) is 0 Å². The Morgan fingerprint density at radius 2 is 2.06 bits per heavy atom. The zero-order valence-electron chi connectivity index (χ0n) is 11.6. The summed E-state index contributed by atoms with van der Waals surface area (Å²) in [7, 11) is 0. The Labute approximate surface area is 105 Å². The number of rotatable bonds is 2. The molecule has 1 aliphatic carbocycles. The average Bonchev–Trinajstić information content (AvgIpc) is 2.61. The average molecular weight is 238 g/mol. The van der Waals surface area contributed by atoms with Crippen LogP contribution in [0.3, 0.4) is 0 Å². The molecule has 4 atom stereocenters. The van der Waals surface area contributed by atoms with Crippen LogP contribution in [-0.4, -0.2) is 29.1 Å². The van der Waals surface area contributed by atoms with Crippen molar-refractivity contribution < 1.29 is 4.79 Å². The van der Waals surface area contributed by atoms with Gasteiger partial charge < -0.3 is 4.90 Å². The Bertz CT molecular complexity index is 305. The highest BCUT2D eigenvalue weighted by molar-refractivity contribution is 5.88. The summed E-state index contributed by atoms with van der Waals surface area (Å²) in [6, 6.07) is 0.467. The Hall–Kier alpha value is -0.570. The second kappa shape index (κ2) is 4.60. The number of nitrogens with one attached hydrogen (secondary N) is 1. The monoisotopic (exact) mass is 238 g/mol. The minimum atomic E-state index is -0.313. The fourth-order valence-electron chi connectivity index (χ4n) is 3.10. The third kappa shape index (κ3) is 2.22. The maximum absolute atomic E-state index is 12.4. The molecule has 0 aromatic heterocycles. The van der Waals surface area contributed by atoms with Gasteiger partial charge in [0, 0.05) is 6.04 Å². The van der Waals surface area contributed by atoms with Crippen LogP contribution in [0.2, 0.25) is 0 Å². The molecule has 2 fully saturated rings. The van der Waals surface area contributed by atoms with Gasteiger partial charge in [-0.15, -0.1) is 0 Å². The molecule has 2 rings (SSSR count). The number of nitrogens with zero attached hydrogens (tertiary/aromatic N) is 1. The molecule has 0 spiro atoms. The predicted octanol–water partition coefficient (Wildman–Crippen LogP) is 2.37. The zero-order valence-corrected chi connectivity index (χ0v) is 11.6. The molecule has 1 saturated carbocycles. The molecule has 3 nitrogen and oxygen atoms in total. The van der Waals surface area contributed by atoms with E-state index >= 15 is 0 Å². The van der Waals surface area contributed by atoms with Gasteiger partial charge >= 0.3 is 0 Å². The normalized spacial score (nSPS) is 43.2. The van der Waals surface area contributed by atoms with Crippen LogP contribution >= 0.6 is 0 Å². The SMILES string of the molecule is CCC1(C)NCN(C2CCC(C)C(C)C2)C1=O. The van der Waals surface area contributed by atoms with Crippen LogP contribution in [0.4, 0.5) is 0 Å². The van der Waals surface area contributed by atoms with Crippen molar-refractivity contribution in [2.24, 2.45) is 11.8 Å². The largest absolute Gasteiger partial charge is 0.325 e. The van der Waals surface area contributed by atoms with Crippen LogP contribution in [0.25, 0.3) is 0 Å². The van der Waals surface area contributed by atoms with E-state index in [9.17, 15) is 4.79 Å². The Morgan fingerprint density at radius 3 is 2.59 bits per heavy atom. The highest BCUT2D eigenvalue weighted by Gasteiger charge is 2.44. The van der Waals surface area contributed by atoms with Crippen molar-refractivity contribution in [2.45, 2.75) is 65.0 Å². The molecule has 1 aliphatic heterocycles. The van der Waals surface area contributed by atoms with Crippen LogP contribution in [0.5, 0.6) is 0 Å². The van der Waals surface area contributed by atoms with E-state index in [2.05, 4.69) is 31.0 Å². The standard InChI is InChI=1S/C14H26N2O/c1-5-14(4)13(17)16(9-15-14)12-7-6-10(2)11(3)8-12/h10-12,15H,5-9H2,1-4H3. The van der Waals surface area contributed by atoms with Gasteiger partial charge in [0.05, 0.1) is 12.2 Å². The van der Waals surface area contributed by atoms with Crippen molar-refractivity contribution in [1.29, 1.82) is 0 Å². The van der Waals surface area contributed by atoms with Crippen molar-refractivity contribution in [2.75, 3.05) is 6.67 Å². The van der Waals surface area contributed by atoms with E-state index in [0.29, 0.717) is 11.9 Å². The Balaban J connectivity index is 2.03. The zero-order chi connectivity index (χ0) is 12.6. The number of carbonyl (C=O) groups excluding carboxylic acids is 1. The lowest BCUT2D eigenvalue weighted by Gasteiger charge is -2.37. The van der Waals surface area contributed by atoms with Crippen LogP contribution in [0.1, 0.15) is 53.4 Å². The van der Waals surface area contributed by atoms with Gasteiger partial charge in [-0.2, -0.15) is 0 Å². The summed E-state index contributed by atoms with van der Waals surface area (Å²) in [5, 5.41) is 3.38. The molecule has 2 aliphatic rings. The molecule has 98 valence electrons. The van der Waals surface area contributed by atoms with Crippen LogP contribution in [0, 0.1) is 11.8 Å². The first-order valence-corrected chi connectivity index (χ1v) is 7.04. The van der Waals surface area contributed by atoms with Crippen molar-refractivity contribution in [1.82, 2.24) is 10.2 Å². The fourth-order valence-corrected chi connectivity index (χ4v) is 3.10. The van der Waals surface area contributed by atoms with Gasteiger partial charge in [-0.1, -0.05) is 20.8 Å². The highest BCUT2D eigenvalue weighted by Crippen LogP contribution is 2.34. The molecular weight excluding hydrogens is 212 g/mol. The minimum Gasteiger partial charge on any atom is -0.325 e. The lowest BCUT2D eigenvalue weighted by atomic mass is 9.78. The maximum Gasteiger partial charge on any atom is 0.243 e. The summed E-state index contributed by atoms with van der Waals surface area (Å²) >= 11 is 0. The third-order valence-electron chi connectivity index (χ3n) is 5.09. The molecule has 3 heteroatoms. The molecule has 1 amide bonds. The topological polar surface area (TPSA) is 32.3 Å². The first-order chi connectivity index (χ1) is 7.98. The van der Waals surface area contributed by atoms with Gasteiger partial charge in [-0.3, -0.25) is 10.1 Å². The molecule has 1 saturated heterocycles. The van der Waals surface area contributed by atoms with E-state index < -0.39 is 0 Å². The summed E-state index contributed by atoms with van der Waals surface area (Å²) in [6.45, 7) is 9.52. The quantitative estimate of drug-likeness (QED) is 0.801. The predicted molar refractivity (Wildman–Crippen MR) is 69.5 cm³/mol. The van der Waals surface area contributed by atoms with Crippen molar-refractivity contribution in [3.8, 4) is 0 Å². The van der Waals surface area contributed by atoms with E-state index in [1.165, 1.54) is 19.3 Å². The van der Waals surface area contributed by atoms with Crippen molar-refractivity contribution in [3.63, 3.8) is 0 Å². The highest BCUT2D eigenvalue weighted by atomic mass is 16.2. The minimum absolute atomic E-state index is 0.312. The van der Waals surface area contributed by atoms with Crippen LogP contribution in [-0.2, 0) is 4.79 Å². The summed E-state index contributed by atoms with van der Waals surface area (Å²) < 4.78 is 0. The van der Waals surface area contributed by atoms with Crippen molar-refractivity contribution in [3.05, 3.63) is 0 Å². The first-order valence-electron chi connectivity index (χ1n) is 7.04. The Morgan fingerprint density at radius 1 is 1.35 bits per heavy atom. The molecule has 0 aromatic carbocycles. The molecule has 0 bridgehead atoms. The fraction of sp³-hybridized carbons (Fsp3) is 0.929. The second-order valence-electron chi connectivity index (χ2n) is 6.22.